The first kappa shape index (κ1) is 19.2. The second kappa shape index (κ2) is 8.39. The van der Waals surface area contributed by atoms with Gasteiger partial charge in [0, 0.05) is 17.9 Å². The van der Waals surface area contributed by atoms with Gasteiger partial charge in [-0.2, -0.15) is 5.10 Å². The third-order valence-electron chi connectivity index (χ3n) is 4.23. The number of benzene rings is 1. The number of hydrogen-bond acceptors (Lipinski definition) is 5. The molecular weight excluding hydrogens is 360 g/mol. The second-order valence-corrected chi connectivity index (χ2v) is 7.40. The Bertz CT molecular complexity index is 1020. The van der Waals surface area contributed by atoms with Gasteiger partial charge < -0.3 is 5.32 Å². The summed E-state index contributed by atoms with van der Waals surface area (Å²) in [6.45, 7) is 6.66. The molecule has 0 bridgehead atoms. The Morgan fingerprint density at radius 1 is 1.37 bits per heavy atom. The lowest BCUT2D eigenvalue weighted by Gasteiger charge is -2.14. The van der Waals surface area contributed by atoms with E-state index in [2.05, 4.69) is 27.4 Å². The lowest BCUT2D eigenvalue weighted by molar-refractivity contribution is -0.118. The Hall–Kier alpha value is -2.61. The zero-order valence-corrected chi connectivity index (χ0v) is 16.6. The standard InChI is InChI=1S/C19H24N6OS/c1-4-5-9-21-15(26)11-27-19-22-18-16(13(3)23-24-18)17(20)25(19)14-8-6-7-12(2)10-14/h6-8,10,20H,4-5,9,11H2,1-3H3,(H,21,26)(H,23,24). The number of nitrogens with zero attached hydrogens (tertiary/aromatic N) is 3. The molecule has 0 saturated heterocycles. The Kier molecular flexibility index (Phi) is 5.95. The van der Waals surface area contributed by atoms with E-state index in [0.29, 0.717) is 28.2 Å². The molecule has 3 N–H and O–H groups in total. The van der Waals surface area contributed by atoms with Crippen molar-refractivity contribution >= 4 is 28.7 Å². The molecule has 0 radical (unpaired) electrons. The van der Waals surface area contributed by atoms with Crippen molar-refractivity contribution in [2.45, 2.75) is 38.8 Å². The largest absolute Gasteiger partial charge is 0.355 e. The highest BCUT2D eigenvalue weighted by molar-refractivity contribution is 7.99. The first-order chi connectivity index (χ1) is 13.0. The van der Waals surface area contributed by atoms with E-state index in [1.165, 1.54) is 11.8 Å². The molecule has 7 nitrogen and oxygen atoms in total. The van der Waals surface area contributed by atoms with E-state index in [4.69, 9.17) is 5.41 Å². The molecule has 0 saturated carbocycles. The van der Waals surface area contributed by atoms with Gasteiger partial charge in [-0.3, -0.25) is 19.9 Å². The number of aromatic nitrogens is 4. The number of carbonyl (C=O) groups excluding carboxylic acids is 1. The summed E-state index contributed by atoms with van der Waals surface area (Å²) in [6, 6.07) is 7.91. The number of thioether (sulfide) groups is 1. The average Bonchev–Trinajstić information content (AvgIpc) is 3.01. The molecule has 0 aliphatic carbocycles. The fourth-order valence-electron chi connectivity index (χ4n) is 2.82. The number of H-pyrrole nitrogens is 1. The van der Waals surface area contributed by atoms with E-state index in [1.54, 1.807) is 4.57 Å². The fourth-order valence-corrected chi connectivity index (χ4v) is 3.66. The van der Waals surface area contributed by atoms with Crippen LogP contribution in [0.5, 0.6) is 0 Å². The predicted octanol–water partition coefficient (Wildman–Crippen LogP) is 2.85. The van der Waals surface area contributed by atoms with Crippen LogP contribution in [0.1, 0.15) is 31.0 Å². The highest BCUT2D eigenvalue weighted by Crippen LogP contribution is 2.22. The lowest BCUT2D eigenvalue weighted by atomic mass is 10.2. The van der Waals surface area contributed by atoms with Crippen LogP contribution in [0.4, 0.5) is 0 Å². The summed E-state index contributed by atoms with van der Waals surface area (Å²) in [7, 11) is 0. The van der Waals surface area contributed by atoms with E-state index < -0.39 is 0 Å². The van der Waals surface area contributed by atoms with E-state index >= 15 is 0 Å². The van der Waals surface area contributed by atoms with Gasteiger partial charge in [-0.25, -0.2) is 4.98 Å². The molecule has 0 spiro atoms. The first-order valence-corrected chi connectivity index (χ1v) is 9.98. The molecule has 2 aromatic heterocycles. The molecule has 0 fully saturated rings. The van der Waals surface area contributed by atoms with E-state index in [0.717, 1.165) is 29.8 Å². The molecule has 3 rings (SSSR count). The van der Waals surface area contributed by atoms with Gasteiger partial charge in [-0.05, 0) is 38.0 Å². The summed E-state index contributed by atoms with van der Waals surface area (Å²) in [6.07, 6.45) is 2.01. The van der Waals surface area contributed by atoms with Crippen LogP contribution in [-0.4, -0.2) is 38.0 Å². The van der Waals surface area contributed by atoms with E-state index in [1.807, 2.05) is 38.1 Å². The summed E-state index contributed by atoms with van der Waals surface area (Å²) in [4.78, 5) is 16.7. The SMILES string of the molecule is CCCCNC(=O)CSc1nc2n[nH]c(C)c2c(=N)n1-c1cccc(C)c1. The molecule has 1 amide bonds. The molecule has 0 aliphatic heterocycles. The molecule has 27 heavy (non-hydrogen) atoms. The van der Waals surface area contributed by atoms with Crippen molar-refractivity contribution in [1.82, 2.24) is 25.1 Å². The second-order valence-electron chi connectivity index (χ2n) is 6.46. The summed E-state index contributed by atoms with van der Waals surface area (Å²) >= 11 is 1.32. The number of rotatable bonds is 7. The number of unbranched alkanes of at least 4 members (excludes halogenated alkanes) is 1. The molecule has 2 heterocycles. The van der Waals surface area contributed by atoms with Crippen LogP contribution in [0.25, 0.3) is 16.7 Å². The first-order valence-electron chi connectivity index (χ1n) is 9.00. The van der Waals surface area contributed by atoms with Crippen molar-refractivity contribution < 1.29 is 4.79 Å². The van der Waals surface area contributed by atoms with Gasteiger partial charge in [0.05, 0.1) is 11.1 Å². The number of fused-ring (bicyclic) bond motifs is 1. The van der Waals surface area contributed by atoms with Gasteiger partial charge >= 0.3 is 0 Å². The molecule has 3 aromatic rings. The van der Waals surface area contributed by atoms with E-state index in [9.17, 15) is 4.79 Å². The Morgan fingerprint density at radius 2 is 2.19 bits per heavy atom. The van der Waals surface area contributed by atoms with Crippen molar-refractivity contribution in [3.05, 3.63) is 41.0 Å². The fraction of sp³-hybridized carbons (Fsp3) is 0.368. The van der Waals surface area contributed by atoms with Crippen molar-refractivity contribution in [3.63, 3.8) is 0 Å². The molecule has 0 aliphatic rings. The monoisotopic (exact) mass is 384 g/mol. The van der Waals surface area contributed by atoms with Gasteiger partial charge in [0.25, 0.3) is 0 Å². The molecule has 0 atom stereocenters. The van der Waals surface area contributed by atoms with Crippen LogP contribution in [0, 0.1) is 19.3 Å². The minimum atomic E-state index is -0.0316. The molecular formula is C19H24N6OS. The summed E-state index contributed by atoms with van der Waals surface area (Å²) < 4.78 is 1.78. The van der Waals surface area contributed by atoms with Crippen molar-refractivity contribution in [1.29, 1.82) is 5.41 Å². The molecule has 142 valence electrons. The van der Waals surface area contributed by atoms with Crippen LogP contribution < -0.4 is 10.8 Å². The Labute approximate surface area is 162 Å². The third-order valence-corrected chi connectivity index (χ3v) is 5.16. The summed E-state index contributed by atoms with van der Waals surface area (Å²) in [5, 5.41) is 20.0. The summed E-state index contributed by atoms with van der Waals surface area (Å²) in [5.74, 6) is 0.215. The number of nitrogens with one attached hydrogen (secondary N) is 3. The topological polar surface area (TPSA) is 99.5 Å². The van der Waals surface area contributed by atoms with Gasteiger partial charge in [0.2, 0.25) is 5.91 Å². The maximum Gasteiger partial charge on any atom is 0.230 e. The number of amides is 1. The molecule has 0 unspecified atom stereocenters. The summed E-state index contributed by atoms with van der Waals surface area (Å²) in [5.41, 5.74) is 3.55. The average molecular weight is 385 g/mol. The zero-order valence-electron chi connectivity index (χ0n) is 15.8. The van der Waals surface area contributed by atoms with Crippen molar-refractivity contribution in [2.24, 2.45) is 0 Å². The van der Waals surface area contributed by atoms with E-state index in [-0.39, 0.29) is 11.7 Å². The van der Waals surface area contributed by atoms with Crippen molar-refractivity contribution in [3.8, 4) is 5.69 Å². The highest BCUT2D eigenvalue weighted by atomic mass is 32.2. The van der Waals surface area contributed by atoms with Gasteiger partial charge in [-0.1, -0.05) is 37.2 Å². The van der Waals surface area contributed by atoms with Gasteiger partial charge in [0.15, 0.2) is 10.8 Å². The zero-order chi connectivity index (χ0) is 19.4. The maximum atomic E-state index is 12.1. The van der Waals surface area contributed by atoms with Crippen LogP contribution in [0.3, 0.4) is 0 Å². The number of hydrogen-bond donors (Lipinski definition) is 3. The smallest absolute Gasteiger partial charge is 0.230 e. The third kappa shape index (κ3) is 4.21. The number of aromatic amines is 1. The number of aryl methyl sites for hydroxylation is 2. The Morgan fingerprint density at radius 3 is 2.93 bits per heavy atom. The molecule has 1 aromatic carbocycles. The van der Waals surface area contributed by atoms with Crippen LogP contribution in [-0.2, 0) is 4.79 Å². The van der Waals surface area contributed by atoms with Crippen molar-refractivity contribution in [2.75, 3.05) is 12.3 Å². The minimum Gasteiger partial charge on any atom is -0.355 e. The number of carbonyl (C=O) groups is 1. The molecule has 8 heteroatoms. The predicted molar refractivity (Wildman–Crippen MR) is 107 cm³/mol. The van der Waals surface area contributed by atoms with Crippen LogP contribution in [0.15, 0.2) is 29.4 Å². The van der Waals surface area contributed by atoms with Crippen LogP contribution >= 0.6 is 11.8 Å². The highest BCUT2D eigenvalue weighted by Gasteiger charge is 2.16. The maximum absolute atomic E-state index is 12.1. The van der Waals surface area contributed by atoms with Gasteiger partial charge in [-0.15, -0.1) is 0 Å². The normalized spacial score (nSPS) is 11.1. The quantitative estimate of drug-likeness (QED) is 0.331. The minimum absolute atomic E-state index is 0.0316. The Balaban J connectivity index is 1.99. The van der Waals surface area contributed by atoms with Crippen LogP contribution in [0.2, 0.25) is 0 Å². The van der Waals surface area contributed by atoms with Gasteiger partial charge in [0.1, 0.15) is 5.49 Å². The lowest BCUT2D eigenvalue weighted by Crippen LogP contribution is -2.27.